The molecular weight excluding hydrogens is 240 g/mol. The lowest BCUT2D eigenvalue weighted by Gasteiger charge is -2.36. The van der Waals surface area contributed by atoms with E-state index in [0.717, 1.165) is 38.8 Å². The molecule has 2 fully saturated rings. The molecule has 1 aliphatic carbocycles. The van der Waals surface area contributed by atoms with Crippen molar-refractivity contribution in [3.8, 4) is 0 Å². The van der Waals surface area contributed by atoms with E-state index in [1.54, 1.807) is 0 Å². The van der Waals surface area contributed by atoms with E-state index in [-0.39, 0.29) is 18.1 Å². The molecule has 4 heteroatoms. The van der Waals surface area contributed by atoms with Crippen LogP contribution in [0.4, 0.5) is 4.79 Å². The monoisotopic (exact) mass is 268 g/mol. The fourth-order valence-electron chi connectivity index (χ4n) is 3.34. The molecule has 0 bridgehead atoms. The molecule has 2 N–H and O–H groups in total. The highest BCUT2D eigenvalue weighted by Gasteiger charge is 2.32. The fraction of sp³-hybridized carbons (Fsp3) is 0.933. The molecule has 0 aromatic heterocycles. The van der Waals surface area contributed by atoms with E-state index >= 15 is 0 Å². The molecular formula is C15H28N2O2. The van der Waals surface area contributed by atoms with Gasteiger partial charge in [0.05, 0.1) is 6.61 Å². The van der Waals surface area contributed by atoms with E-state index in [4.69, 9.17) is 0 Å². The van der Waals surface area contributed by atoms with Gasteiger partial charge < -0.3 is 15.3 Å². The van der Waals surface area contributed by atoms with Crippen LogP contribution in [0, 0.1) is 5.41 Å². The summed E-state index contributed by atoms with van der Waals surface area (Å²) in [7, 11) is 0. The van der Waals surface area contributed by atoms with E-state index in [2.05, 4.69) is 5.32 Å². The lowest BCUT2D eigenvalue weighted by atomic mass is 9.74. The van der Waals surface area contributed by atoms with Gasteiger partial charge in [-0.15, -0.1) is 0 Å². The molecule has 0 radical (unpaired) electrons. The van der Waals surface area contributed by atoms with Crippen molar-refractivity contribution in [1.82, 2.24) is 10.2 Å². The predicted molar refractivity (Wildman–Crippen MR) is 76.0 cm³/mol. The number of amides is 2. The lowest BCUT2D eigenvalue weighted by molar-refractivity contribution is 0.0814. The quantitative estimate of drug-likeness (QED) is 0.826. The van der Waals surface area contributed by atoms with Gasteiger partial charge in [0.1, 0.15) is 0 Å². The van der Waals surface area contributed by atoms with Crippen LogP contribution in [0.1, 0.15) is 57.8 Å². The first-order valence-electron chi connectivity index (χ1n) is 7.89. The molecule has 0 spiro atoms. The zero-order valence-electron chi connectivity index (χ0n) is 12.0. The summed E-state index contributed by atoms with van der Waals surface area (Å²) in [5.74, 6) is 0. The van der Waals surface area contributed by atoms with Crippen LogP contribution in [-0.2, 0) is 0 Å². The number of urea groups is 1. The predicted octanol–water partition coefficient (Wildman–Crippen LogP) is 2.51. The van der Waals surface area contributed by atoms with Gasteiger partial charge in [0.2, 0.25) is 0 Å². The van der Waals surface area contributed by atoms with Gasteiger partial charge in [-0.1, -0.05) is 32.1 Å². The van der Waals surface area contributed by atoms with Crippen LogP contribution < -0.4 is 5.32 Å². The highest BCUT2D eigenvalue weighted by atomic mass is 16.3. The number of rotatable bonds is 3. The molecule has 0 atom stereocenters. The average molecular weight is 268 g/mol. The second kappa shape index (κ2) is 7.13. The maximum Gasteiger partial charge on any atom is 0.317 e. The standard InChI is InChI=1S/C15H28N2O2/c18-13-15(8-4-3-5-9-15)12-16-14(19)17-10-6-1-2-7-11-17/h18H,1-13H2,(H,16,19). The number of carbonyl (C=O) groups excluding carboxylic acids is 1. The first-order valence-corrected chi connectivity index (χ1v) is 7.89. The van der Waals surface area contributed by atoms with Gasteiger partial charge in [-0.05, 0) is 25.7 Å². The van der Waals surface area contributed by atoms with E-state index < -0.39 is 0 Å². The Balaban J connectivity index is 1.80. The molecule has 1 aliphatic heterocycles. The molecule has 19 heavy (non-hydrogen) atoms. The van der Waals surface area contributed by atoms with Crippen molar-refractivity contribution < 1.29 is 9.90 Å². The summed E-state index contributed by atoms with van der Waals surface area (Å²) in [5, 5.41) is 12.7. The Kier molecular flexibility index (Phi) is 5.49. The second-order valence-electron chi connectivity index (χ2n) is 6.28. The fourth-order valence-corrected chi connectivity index (χ4v) is 3.34. The summed E-state index contributed by atoms with van der Waals surface area (Å²) >= 11 is 0. The maximum absolute atomic E-state index is 12.2. The van der Waals surface area contributed by atoms with Crippen molar-refractivity contribution >= 4 is 6.03 Å². The smallest absolute Gasteiger partial charge is 0.317 e. The van der Waals surface area contributed by atoms with Crippen LogP contribution in [0.25, 0.3) is 0 Å². The molecule has 0 unspecified atom stereocenters. The average Bonchev–Trinajstić information content (AvgIpc) is 2.75. The van der Waals surface area contributed by atoms with Crippen LogP contribution in [0.2, 0.25) is 0 Å². The Morgan fingerprint density at radius 2 is 1.58 bits per heavy atom. The van der Waals surface area contributed by atoms with Gasteiger partial charge in [-0.3, -0.25) is 0 Å². The van der Waals surface area contributed by atoms with E-state index in [1.807, 2.05) is 4.90 Å². The van der Waals surface area contributed by atoms with Crippen LogP contribution >= 0.6 is 0 Å². The molecule has 4 nitrogen and oxygen atoms in total. The number of hydrogen-bond donors (Lipinski definition) is 2. The summed E-state index contributed by atoms with van der Waals surface area (Å²) in [6.07, 6.45) is 10.4. The molecule has 2 rings (SSSR count). The second-order valence-corrected chi connectivity index (χ2v) is 6.28. The number of nitrogens with zero attached hydrogens (tertiary/aromatic N) is 1. The Morgan fingerprint density at radius 3 is 2.16 bits per heavy atom. The number of nitrogens with one attached hydrogen (secondary N) is 1. The Labute approximate surface area is 116 Å². The van der Waals surface area contributed by atoms with Crippen LogP contribution in [0.5, 0.6) is 0 Å². The van der Waals surface area contributed by atoms with Crippen LogP contribution in [0.15, 0.2) is 0 Å². The van der Waals surface area contributed by atoms with Crippen LogP contribution in [0.3, 0.4) is 0 Å². The molecule has 0 aromatic rings. The zero-order valence-corrected chi connectivity index (χ0v) is 12.0. The molecule has 2 amide bonds. The SMILES string of the molecule is O=C(NCC1(CO)CCCCC1)N1CCCCCC1. The van der Waals surface area contributed by atoms with Crippen molar-refractivity contribution in [2.24, 2.45) is 5.41 Å². The third-order valence-electron chi connectivity index (χ3n) is 4.76. The minimum absolute atomic E-state index is 0.0558. The third kappa shape index (κ3) is 4.10. The van der Waals surface area contributed by atoms with Gasteiger partial charge in [0, 0.05) is 25.0 Å². The maximum atomic E-state index is 12.2. The Bertz CT molecular complexity index is 280. The van der Waals surface area contributed by atoms with Crippen molar-refractivity contribution in [3.05, 3.63) is 0 Å². The molecule has 110 valence electrons. The Morgan fingerprint density at radius 1 is 1.00 bits per heavy atom. The van der Waals surface area contributed by atoms with E-state index in [0.29, 0.717) is 6.54 Å². The Hall–Kier alpha value is -0.770. The lowest BCUT2D eigenvalue weighted by Crippen LogP contribution is -2.47. The summed E-state index contributed by atoms with van der Waals surface area (Å²) in [6.45, 7) is 2.61. The van der Waals surface area contributed by atoms with E-state index in [1.165, 1.54) is 32.1 Å². The summed E-state index contributed by atoms with van der Waals surface area (Å²) in [4.78, 5) is 14.1. The van der Waals surface area contributed by atoms with Gasteiger partial charge in [0.15, 0.2) is 0 Å². The topological polar surface area (TPSA) is 52.6 Å². The molecule has 1 saturated carbocycles. The van der Waals surface area contributed by atoms with Crippen LogP contribution in [-0.4, -0.2) is 42.3 Å². The summed E-state index contributed by atoms with van der Waals surface area (Å²) in [6, 6.07) is 0.0697. The molecule has 1 heterocycles. The van der Waals surface area contributed by atoms with Gasteiger partial charge >= 0.3 is 6.03 Å². The largest absolute Gasteiger partial charge is 0.396 e. The van der Waals surface area contributed by atoms with Crippen molar-refractivity contribution in [3.63, 3.8) is 0 Å². The van der Waals surface area contributed by atoms with Gasteiger partial charge in [0.25, 0.3) is 0 Å². The summed E-state index contributed by atoms with van der Waals surface area (Å²) < 4.78 is 0. The molecule has 1 saturated heterocycles. The number of carbonyl (C=O) groups is 1. The highest BCUT2D eigenvalue weighted by Crippen LogP contribution is 2.35. The van der Waals surface area contributed by atoms with Crippen molar-refractivity contribution in [2.75, 3.05) is 26.2 Å². The number of likely N-dealkylation sites (tertiary alicyclic amines) is 1. The first kappa shape index (κ1) is 14.6. The molecule has 2 aliphatic rings. The number of aliphatic hydroxyl groups is 1. The molecule has 0 aromatic carbocycles. The minimum atomic E-state index is -0.0558. The zero-order chi connectivity index (χ0) is 13.6. The van der Waals surface area contributed by atoms with Gasteiger partial charge in [-0.25, -0.2) is 4.79 Å². The van der Waals surface area contributed by atoms with Crippen molar-refractivity contribution in [1.29, 1.82) is 0 Å². The highest BCUT2D eigenvalue weighted by molar-refractivity contribution is 5.74. The third-order valence-corrected chi connectivity index (χ3v) is 4.76. The summed E-state index contributed by atoms with van der Waals surface area (Å²) in [5.41, 5.74) is -0.0558. The number of aliphatic hydroxyl groups excluding tert-OH is 1. The first-order chi connectivity index (χ1) is 9.26. The minimum Gasteiger partial charge on any atom is -0.396 e. The van der Waals surface area contributed by atoms with E-state index in [9.17, 15) is 9.90 Å². The normalized spacial score (nSPS) is 23.7. The van der Waals surface area contributed by atoms with Gasteiger partial charge in [-0.2, -0.15) is 0 Å². The van der Waals surface area contributed by atoms with Crippen molar-refractivity contribution in [2.45, 2.75) is 57.8 Å². The number of hydrogen-bond acceptors (Lipinski definition) is 2.